The van der Waals surface area contributed by atoms with E-state index in [0.717, 1.165) is 49.9 Å². The SMILES string of the molecule is C1=C(c2cccc3ccccc23)CCc2c1c1cc3c4c(c1n2-c1cccnc1)CCc1c-4c(cc2c4cc(-c5cccc6ccccc56)ccc4n(-c4cccnc4)c12)CC3. The van der Waals surface area contributed by atoms with Gasteiger partial charge in [0.25, 0.3) is 0 Å². The van der Waals surface area contributed by atoms with Crippen LogP contribution in [0.2, 0.25) is 0 Å². The Morgan fingerprint density at radius 3 is 1.74 bits per heavy atom. The molecular formula is C58H40N4. The summed E-state index contributed by atoms with van der Waals surface area (Å²) in [6.45, 7) is 0. The first-order valence-electron chi connectivity index (χ1n) is 22.1. The number of rotatable bonds is 4. The molecule has 0 fully saturated rings. The molecule has 4 heterocycles. The lowest BCUT2D eigenvalue weighted by Gasteiger charge is -2.31. The van der Waals surface area contributed by atoms with Crippen LogP contribution in [-0.4, -0.2) is 19.1 Å². The van der Waals surface area contributed by atoms with Crippen LogP contribution in [0.15, 0.2) is 164 Å². The van der Waals surface area contributed by atoms with Gasteiger partial charge in [-0.25, -0.2) is 0 Å². The van der Waals surface area contributed by atoms with E-state index in [4.69, 9.17) is 0 Å². The van der Waals surface area contributed by atoms with Crippen molar-refractivity contribution in [1.82, 2.24) is 19.1 Å². The maximum atomic E-state index is 4.67. The van der Waals surface area contributed by atoms with Crippen molar-refractivity contribution in [3.8, 4) is 33.6 Å². The second kappa shape index (κ2) is 13.0. The van der Waals surface area contributed by atoms with Crippen molar-refractivity contribution in [2.75, 3.05) is 0 Å². The Labute approximate surface area is 359 Å². The fourth-order valence-corrected chi connectivity index (χ4v) is 11.8. The smallest absolute Gasteiger partial charge is 0.0645 e. The zero-order valence-corrected chi connectivity index (χ0v) is 34.2. The van der Waals surface area contributed by atoms with E-state index in [2.05, 4.69) is 171 Å². The average Bonchev–Trinajstić information content (AvgIpc) is 3.85. The number of aromatic nitrogens is 4. The maximum Gasteiger partial charge on any atom is 0.0645 e. The minimum atomic E-state index is 0.970. The molecule has 0 aliphatic heterocycles. The number of aryl methyl sites for hydroxylation is 4. The van der Waals surface area contributed by atoms with Crippen LogP contribution in [0.25, 0.3) is 99.5 Å². The summed E-state index contributed by atoms with van der Waals surface area (Å²) in [4.78, 5) is 9.33. The highest BCUT2D eigenvalue weighted by molar-refractivity contribution is 6.15. The second-order valence-corrected chi connectivity index (χ2v) is 17.5. The maximum absolute atomic E-state index is 4.67. The largest absolute Gasteiger partial charge is 0.311 e. The predicted octanol–water partition coefficient (Wildman–Crippen LogP) is 13.8. The van der Waals surface area contributed by atoms with Gasteiger partial charge in [-0.1, -0.05) is 91.0 Å². The van der Waals surface area contributed by atoms with E-state index in [1.165, 1.54) is 121 Å². The molecule has 0 bridgehead atoms. The number of pyridine rings is 2. The van der Waals surface area contributed by atoms with E-state index < -0.39 is 0 Å². The van der Waals surface area contributed by atoms with Crippen molar-refractivity contribution in [3.05, 3.63) is 203 Å². The lowest BCUT2D eigenvalue weighted by atomic mass is 9.73. The third-order valence-corrected chi connectivity index (χ3v) is 14.3. The van der Waals surface area contributed by atoms with E-state index in [1.807, 2.05) is 18.6 Å². The molecule has 0 unspecified atom stereocenters. The van der Waals surface area contributed by atoms with E-state index in [0.29, 0.717) is 0 Å². The predicted molar refractivity (Wildman–Crippen MR) is 257 cm³/mol. The fraction of sp³-hybridized carbons (Fsp3) is 0.103. The highest BCUT2D eigenvalue weighted by Gasteiger charge is 2.34. The summed E-state index contributed by atoms with van der Waals surface area (Å²) in [5.74, 6) is 0. The van der Waals surface area contributed by atoms with Crippen molar-refractivity contribution >= 4 is 65.9 Å². The molecule has 7 aromatic carbocycles. The van der Waals surface area contributed by atoms with Crippen LogP contribution in [0.1, 0.15) is 45.5 Å². The quantitative estimate of drug-likeness (QED) is 0.178. The van der Waals surface area contributed by atoms with Crippen LogP contribution in [0, 0.1) is 0 Å². The minimum Gasteiger partial charge on any atom is -0.311 e. The summed E-state index contributed by atoms with van der Waals surface area (Å²) in [6, 6.07) is 51.9. The van der Waals surface area contributed by atoms with Gasteiger partial charge in [0, 0.05) is 39.8 Å². The summed E-state index contributed by atoms with van der Waals surface area (Å²) in [7, 11) is 0. The molecule has 0 radical (unpaired) electrons. The van der Waals surface area contributed by atoms with Gasteiger partial charge in [-0.05, 0) is 170 Å². The number of hydrogen-bond acceptors (Lipinski definition) is 2. The highest BCUT2D eigenvalue weighted by Crippen LogP contribution is 2.52. The van der Waals surface area contributed by atoms with Crippen molar-refractivity contribution in [3.63, 3.8) is 0 Å². The Morgan fingerprint density at radius 1 is 0.435 bits per heavy atom. The van der Waals surface area contributed by atoms with Gasteiger partial charge in [-0.3, -0.25) is 9.97 Å². The average molecular weight is 793 g/mol. The summed E-state index contributed by atoms with van der Waals surface area (Å²) < 4.78 is 5.09. The Morgan fingerprint density at radius 2 is 1.05 bits per heavy atom. The molecule has 3 aliphatic carbocycles. The third-order valence-electron chi connectivity index (χ3n) is 14.3. The van der Waals surface area contributed by atoms with Gasteiger partial charge < -0.3 is 9.13 Å². The molecule has 62 heavy (non-hydrogen) atoms. The molecule has 0 saturated carbocycles. The first kappa shape index (κ1) is 34.2. The molecule has 4 heteroatoms. The van der Waals surface area contributed by atoms with Gasteiger partial charge in [0.1, 0.15) is 0 Å². The van der Waals surface area contributed by atoms with Crippen molar-refractivity contribution in [2.45, 2.75) is 38.5 Å². The van der Waals surface area contributed by atoms with Gasteiger partial charge >= 0.3 is 0 Å². The molecule has 4 aromatic heterocycles. The molecular weight excluding hydrogens is 753 g/mol. The van der Waals surface area contributed by atoms with Crippen LogP contribution in [-0.2, 0) is 32.1 Å². The Balaban J connectivity index is 1.04. The van der Waals surface area contributed by atoms with E-state index in [9.17, 15) is 0 Å². The molecule has 11 aromatic rings. The number of allylic oxidation sites excluding steroid dienone is 1. The molecule has 4 nitrogen and oxygen atoms in total. The minimum absolute atomic E-state index is 0.970. The molecule has 0 N–H and O–H groups in total. The molecule has 3 aliphatic rings. The monoisotopic (exact) mass is 792 g/mol. The van der Waals surface area contributed by atoms with E-state index >= 15 is 0 Å². The summed E-state index contributed by atoms with van der Waals surface area (Å²) in [5.41, 5.74) is 23.1. The molecule has 0 saturated heterocycles. The van der Waals surface area contributed by atoms with Gasteiger partial charge in [-0.2, -0.15) is 0 Å². The fourth-order valence-electron chi connectivity index (χ4n) is 11.8. The van der Waals surface area contributed by atoms with E-state index in [1.54, 1.807) is 0 Å². The Hall–Kier alpha value is -7.56. The number of nitrogens with zero attached hydrogens (tertiary/aromatic N) is 4. The van der Waals surface area contributed by atoms with Crippen LogP contribution in [0.4, 0.5) is 0 Å². The van der Waals surface area contributed by atoms with Crippen LogP contribution in [0.3, 0.4) is 0 Å². The number of hydrogen-bond donors (Lipinski definition) is 0. The standard InChI is InChI=1S/C58H40N4/c1-3-15-43-35(9-1)11-5-17-45(43)37-21-25-53-49(29-37)51-31-39-19-20-40-32-52-50-30-38(46-18-6-12-36-10-2-4-16-44(36)46)22-26-54(50)62(42-14-8-28-60-34-42)58(52)48-24-23-47(55(39)56(40)48)57(51)61(53)41-13-7-27-59-33-41/h1-18,21,25,27-34H,19-20,22-24,26H2. The third kappa shape index (κ3) is 4.78. The summed E-state index contributed by atoms with van der Waals surface area (Å²) >= 11 is 0. The highest BCUT2D eigenvalue weighted by atomic mass is 15.0. The zero-order valence-electron chi connectivity index (χ0n) is 34.2. The Kier molecular flexibility index (Phi) is 7.15. The lowest BCUT2D eigenvalue weighted by molar-refractivity contribution is 0.869. The summed E-state index contributed by atoms with van der Waals surface area (Å²) in [5, 5.41) is 9.20. The van der Waals surface area contributed by atoms with Gasteiger partial charge in [0.05, 0.1) is 40.3 Å². The van der Waals surface area contributed by atoms with Crippen molar-refractivity contribution < 1.29 is 0 Å². The lowest BCUT2D eigenvalue weighted by Crippen LogP contribution is -2.16. The van der Waals surface area contributed by atoms with Crippen molar-refractivity contribution in [2.24, 2.45) is 0 Å². The van der Waals surface area contributed by atoms with Crippen LogP contribution in [0.5, 0.6) is 0 Å². The summed E-state index contributed by atoms with van der Waals surface area (Å²) in [6.07, 6.45) is 16.4. The van der Waals surface area contributed by atoms with Gasteiger partial charge in [0.15, 0.2) is 0 Å². The number of fused-ring (bicyclic) bond motifs is 10. The molecule has 0 atom stereocenters. The second-order valence-electron chi connectivity index (χ2n) is 17.5. The molecule has 0 spiro atoms. The van der Waals surface area contributed by atoms with Crippen molar-refractivity contribution in [1.29, 1.82) is 0 Å². The first-order valence-corrected chi connectivity index (χ1v) is 22.1. The first-order chi connectivity index (χ1) is 30.8. The Bertz CT molecular complexity index is 3720. The van der Waals surface area contributed by atoms with Gasteiger partial charge in [-0.15, -0.1) is 0 Å². The zero-order chi connectivity index (χ0) is 40.5. The molecule has 0 amide bonds. The van der Waals surface area contributed by atoms with Gasteiger partial charge in [0.2, 0.25) is 0 Å². The van der Waals surface area contributed by atoms with Crippen LogP contribution >= 0.6 is 0 Å². The van der Waals surface area contributed by atoms with Crippen LogP contribution < -0.4 is 0 Å². The van der Waals surface area contributed by atoms with E-state index in [-0.39, 0.29) is 0 Å². The molecule has 292 valence electrons. The molecule has 14 rings (SSSR count). The normalized spacial score (nSPS) is 14.2. The number of benzene rings is 7. The topological polar surface area (TPSA) is 35.6 Å².